The molecule has 1 saturated heterocycles. The van der Waals surface area contributed by atoms with Gasteiger partial charge in [-0.25, -0.2) is 18.9 Å². The molecule has 2 aromatic carbocycles. The zero-order valence-corrected chi connectivity index (χ0v) is 20.8. The maximum absolute atomic E-state index is 13.3. The van der Waals surface area contributed by atoms with E-state index in [9.17, 15) is 19.1 Å². The average molecular weight is 526 g/mol. The van der Waals surface area contributed by atoms with Gasteiger partial charge in [0, 0.05) is 18.1 Å². The van der Waals surface area contributed by atoms with Gasteiger partial charge in [-0.05, 0) is 48.7 Å². The number of esters is 1. The molecule has 1 fully saturated rings. The molecule has 1 aliphatic rings. The summed E-state index contributed by atoms with van der Waals surface area (Å²) in [5.74, 6) is -0.804. The van der Waals surface area contributed by atoms with E-state index >= 15 is 0 Å². The van der Waals surface area contributed by atoms with Crippen molar-refractivity contribution < 1.29 is 19.0 Å². The normalized spacial score (nSPS) is 16.5. The lowest BCUT2D eigenvalue weighted by Crippen LogP contribution is -2.50. The minimum atomic E-state index is -1.18. The molecule has 0 bridgehead atoms. The number of piperidine rings is 1. The van der Waals surface area contributed by atoms with Crippen LogP contribution in [0.25, 0.3) is 16.7 Å². The second-order valence-electron chi connectivity index (χ2n) is 9.16. The van der Waals surface area contributed by atoms with Gasteiger partial charge in [0.2, 0.25) is 0 Å². The highest BCUT2D eigenvalue weighted by Crippen LogP contribution is 2.33. The van der Waals surface area contributed by atoms with Gasteiger partial charge in [-0.2, -0.15) is 5.10 Å². The van der Waals surface area contributed by atoms with Crippen LogP contribution in [0.2, 0.25) is 5.02 Å². The highest BCUT2D eigenvalue weighted by Gasteiger charge is 2.39. The van der Waals surface area contributed by atoms with Crippen LogP contribution in [-0.4, -0.2) is 61.1 Å². The fraction of sp³-hybridized carbons (Fsp3) is 0.308. The number of aromatic nitrogens is 4. The highest BCUT2D eigenvalue weighted by atomic mass is 35.5. The van der Waals surface area contributed by atoms with Crippen molar-refractivity contribution in [3.05, 3.63) is 87.8 Å². The van der Waals surface area contributed by atoms with Crippen LogP contribution in [0.1, 0.15) is 24.4 Å². The molecule has 0 radical (unpaired) electrons. The van der Waals surface area contributed by atoms with Crippen LogP contribution in [0, 0.1) is 5.82 Å². The molecule has 0 amide bonds. The SMILES string of the molecule is COC(=O)C(c1ccccc1Cl)N1CCC(O)(Cn2cnc3c(cnn3-c3ccc(F)cc3)c2=O)CC1. The highest BCUT2D eigenvalue weighted by molar-refractivity contribution is 6.31. The summed E-state index contributed by atoms with van der Waals surface area (Å²) in [4.78, 5) is 32.1. The average Bonchev–Trinajstić information content (AvgIpc) is 3.33. The van der Waals surface area contributed by atoms with E-state index in [0.717, 1.165) is 0 Å². The Kier molecular flexibility index (Phi) is 6.80. The number of aliphatic hydroxyl groups is 1. The molecule has 0 aliphatic carbocycles. The second kappa shape index (κ2) is 10.0. The van der Waals surface area contributed by atoms with Crippen LogP contribution in [0.3, 0.4) is 0 Å². The number of benzene rings is 2. The summed E-state index contributed by atoms with van der Waals surface area (Å²) in [5.41, 5.74) is 0.0494. The van der Waals surface area contributed by atoms with E-state index in [1.807, 2.05) is 11.0 Å². The van der Waals surface area contributed by atoms with E-state index < -0.39 is 17.6 Å². The van der Waals surface area contributed by atoms with Crippen molar-refractivity contribution in [3.63, 3.8) is 0 Å². The third kappa shape index (κ3) is 4.87. The van der Waals surface area contributed by atoms with Crippen molar-refractivity contribution in [2.45, 2.75) is 31.0 Å². The molecule has 0 spiro atoms. The van der Waals surface area contributed by atoms with E-state index in [1.54, 1.807) is 30.3 Å². The summed E-state index contributed by atoms with van der Waals surface area (Å²) in [7, 11) is 1.33. The molecule has 1 N–H and O–H groups in total. The van der Waals surface area contributed by atoms with Crippen LogP contribution >= 0.6 is 11.6 Å². The van der Waals surface area contributed by atoms with Gasteiger partial charge in [-0.15, -0.1) is 0 Å². The predicted octanol–water partition coefficient (Wildman–Crippen LogP) is 3.12. The molecular weight excluding hydrogens is 501 g/mol. The Hall–Kier alpha value is -3.60. The maximum atomic E-state index is 13.3. The van der Waals surface area contributed by atoms with Crippen molar-refractivity contribution in [2.24, 2.45) is 0 Å². The Morgan fingerprint density at radius 1 is 1.19 bits per heavy atom. The maximum Gasteiger partial charge on any atom is 0.327 e. The molecule has 0 saturated carbocycles. The van der Waals surface area contributed by atoms with Gasteiger partial charge >= 0.3 is 5.97 Å². The number of fused-ring (bicyclic) bond motifs is 1. The summed E-state index contributed by atoms with van der Waals surface area (Å²) in [6.45, 7) is 0.835. The number of halogens is 2. The van der Waals surface area contributed by atoms with Crippen LogP contribution in [0.5, 0.6) is 0 Å². The molecule has 11 heteroatoms. The minimum absolute atomic E-state index is 0.0410. The van der Waals surface area contributed by atoms with Crippen molar-refractivity contribution in [2.75, 3.05) is 20.2 Å². The first-order valence-electron chi connectivity index (χ1n) is 11.8. The number of ether oxygens (including phenoxy) is 1. The molecule has 1 aliphatic heterocycles. The van der Waals surface area contributed by atoms with Gasteiger partial charge in [0.15, 0.2) is 5.65 Å². The third-order valence-corrected chi connectivity index (χ3v) is 7.15. The molecule has 5 rings (SSSR count). The lowest BCUT2D eigenvalue weighted by atomic mass is 9.89. The Labute approximate surface area is 216 Å². The third-order valence-electron chi connectivity index (χ3n) is 6.81. The molecule has 37 heavy (non-hydrogen) atoms. The van der Waals surface area contributed by atoms with E-state index in [4.69, 9.17) is 16.3 Å². The first-order chi connectivity index (χ1) is 17.8. The molecular formula is C26H25ClFN5O4. The molecule has 1 unspecified atom stereocenters. The Balaban J connectivity index is 1.35. The number of carbonyl (C=O) groups is 1. The van der Waals surface area contributed by atoms with Gasteiger partial charge in [0.1, 0.15) is 23.6 Å². The van der Waals surface area contributed by atoms with Gasteiger partial charge in [0.05, 0.1) is 31.1 Å². The fourth-order valence-corrected chi connectivity index (χ4v) is 5.03. The molecule has 192 valence electrons. The van der Waals surface area contributed by atoms with E-state index in [2.05, 4.69) is 10.1 Å². The van der Waals surface area contributed by atoms with Crippen LogP contribution in [0.15, 0.2) is 65.8 Å². The van der Waals surface area contributed by atoms with E-state index in [-0.39, 0.29) is 23.3 Å². The fourth-order valence-electron chi connectivity index (χ4n) is 4.79. The number of carbonyl (C=O) groups excluding carboxylic acids is 1. The first-order valence-corrected chi connectivity index (χ1v) is 12.2. The number of nitrogens with zero attached hydrogens (tertiary/aromatic N) is 5. The van der Waals surface area contributed by atoms with Crippen molar-refractivity contribution in [3.8, 4) is 5.69 Å². The number of rotatable bonds is 6. The quantitative estimate of drug-likeness (QED) is 0.386. The molecule has 3 heterocycles. The number of hydrogen-bond acceptors (Lipinski definition) is 7. The topological polar surface area (TPSA) is 102 Å². The summed E-state index contributed by atoms with van der Waals surface area (Å²) < 4.78 is 21.2. The largest absolute Gasteiger partial charge is 0.468 e. The number of methoxy groups -OCH3 is 1. The zero-order chi connectivity index (χ0) is 26.2. The first kappa shape index (κ1) is 25.1. The van der Waals surface area contributed by atoms with Crippen LogP contribution in [0.4, 0.5) is 4.39 Å². The molecule has 4 aromatic rings. The number of hydrogen-bond donors (Lipinski definition) is 1. The van der Waals surface area contributed by atoms with Gasteiger partial charge in [-0.1, -0.05) is 29.8 Å². The molecule has 9 nitrogen and oxygen atoms in total. The summed E-state index contributed by atoms with van der Waals surface area (Å²) in [6, 6.07) is 12.1. The lowest BCUT2D eigenvalue weighted by Gasteiger charge is -2.41. The summed E-state index contributed by atoms with van der Waals surface area (Å²) in [6.07, 6.45) is 3.45. The lowest BCUT2D eigenvalue weighted by molar-refractivity contribution is -0.149. The molecule has 2 aromatic heterocycles. The van der Waals surface area contributed by atoms with Crippen LogP contribution < -0.4 is 5.56 Å². The zero-order valence-electron chi connectivity index (χ0n) is 20.1. The second-order valence-corrected chi connectivity index (χ2v) is 9.56. The number of likely N-dealkylation sites (tertiary alicyclic amines) is 1. The summed E-state index contributed by atoms with van der Waals surface area (Å²) >= 11 is 6.36. The standard InChI is InChI=1S/C26H25ClFN5O4/c1-37-25(35)22(19-4-2-3-5-21(19)27)31-12-10-26(36,11-13-31)15-32-16-29-23-20(24(32)34)14-30-33(23)18-8-6-17(28)7-9-18/h2-9,14,16,22,36H,10-13,15H2,1H3. The Morgan fingerprint density at radius 2 is 1.89 bits per heavy atom. The van der Waals surface area contributed by atoms with Crippen molar-refractivity contribution in [1.29, 1.82) is 0 Å². The van der Waals surface area contributed by atoms with Crippen molar-refractivity contribution in [1.82, 2.24) is 24.2 Å². The van der Waals surface area contributed by atoms with Gasteiger partial charge in [0.25, 0.3) is 5.56 Å². The Morgan fingerprint density at radius 3 is 2.57 bits per heavy atom. The minimum Gasteiger partial charge on any atom is -0.468 e. The smallest absolute Gasteiger partial charge is 0.327 e. The van der Waals surface area contributed by atoms with Gasteiger partial charge in [-0.3, -0.25) is 14.3 Å². The Bertz CT molecular complexity index is 1500. The monoisotopic (exact) mass is 525 g/mol. The summed E-state index contributed by atoms with van der Waals surface area (Å²) in [5, 5.41) is 16.3. The van der Waals surface area contributed by atoms with E-state index in [1.165, 1.54) is 41.0 Å². The van der Waals surface area contributed by atoms with E-state index in [0.29, 0.717) is 47.9 Å². The molecule has 1 atom stereocenters. The van der Waals surface area contributed by atoms with Crippen molar-refractivity contribution >= 4 is 28.6 Å². The predicted molar refractivity (Wildman–Crippen MR) is 135 cm³/mol. The van der Waals surface area contributed by atoms with Crippen LogP contribution in [-0.2, 0) is 16.1 Å². The van der Waals surface area contributed by atoms with Gasteiger partial charge < -0.3 is 9.84 Å².